The molecule has 0 aromatic carbocycles. The van der Waals surface area contributed by atoms with Crippen molar-refractivity contribution in [1.82, 2.24) is 9.80 Å². The lowest BCUT2D eigenvalue weighted by Crippen LogP contribution is -2.53. The highest BCUT2D eigenvalue weighted by molar-refractivity contribution is 7.86. The molecule has 0 saturated carbocycles. The van der Waals surface area contributed by atoms with E-state index in [9.17, 15) is 21.9 Å². The quantitative estimate of drug-likeness (QED) is 0.225. The number of quaternary nitrogens is 1. The molecule has 0 spiro atoms. The number of hydrogen-bond acceptors (Lipinski definition) is 7. The Balaban J connectivity index is 4.69. The average Bonchev–Trinajstić information content (AvgIpc) is 2.40. The van der Waals surface area contributed by atoms with Gasteiger partial charge in [0.2, 0.25) is 0 Å². The molecule has 12 heteroatoms. The van der Waals surface area contributed by atoms with Crippen LogP contribution in [0, 0.1) is 0 Å². The van der Waals surface area contributed by atoms with Crippen molar-refractivity contribution >= 4 is 20.2 Å². The van der Waals surface area contributed by atoms with Crippen LogP contribution in [0.15, 0.2) is 0 Å². The number of rotatable bonds is 14. The number of likely N-dealkylation sites (N-methyl/N-ethyl adjacent to an activating group) is 2. The van der Waals surface area contributed by atoms with Crippen LogP contribution in [0.25, 0.3) is 0 Å². The second-order valence-corrected chi connectivity index (χ2v) is 10.5. The van der Waals surface area contributed by atoms with Gasteiger partial charge in [-0.3, -0.25) is 9.11 Å². The first-order valence-corrected chi connectivity index (χ1v) is 11.6. The molecule has 0 amide bonds. The molecule has 0 heterocycles. The Morgan fingerprint density at radius 2 is 1.46 bits per heavy atom. The monoisotopic (exact) mass is 420 g/mol. The summed E-state index contributed by atoms with van der Waals surface area (Å²) in [5, 5.41) is 10.2. The first kappa shape index (κ1) is 25.7. The van der Waals surface area contributed by atoms with Crippen molar-refractivity contribution in [3.8, 4) is 0 Å². The zero-order valence-electron chi connectivity index (χ0n) is 16.1. The maximum atomic E-state index is 11.1. The van der Waals surface area contributed by atoms with Crippen LogP contribution < -0.4 is 0 Å². The van der Waals surface area contributed by atoms with Crippen LogP contribution in [0.3, 0.4) is 0 Å². The zero-order chi connectivity index (χ0) is 20.6. The van der Waals surface area contributed by atoms with Crippen LogP contribution in [-0.2, 0) is 20.2 Å². The third kappa shape index (κ3) is 14.8. The standard InChI is InChI=1S/C14H33N3O7S2/c1-15(2)12-14(18)13-17(4,9-11-26(22,23)24)8-5-6-16(3)7-10-25(19,20)21/h14,18H,5-13H2,1-4H3,(H-,19,20,21,22,23,24)/p+1. The Kier molecular flexibility index (Phi) is 10.7. The number of aliphatic hydroxyl groups excluding tert-OH is 1. The summed E-state index contributed by atoms with van der Waals surface area (Å²) < 4.78 is 61.8. The van der Waals surface area contributed by atoms with E-state index >= 15 is 0 Å². The smallest absolute Gasteiger partial charge is 0.270 e. The Morgan fingerprint density at radius 1 is 0.923 bits per heavy atom. The minimum absolute atomic E-state index is 0.165. The Hall–Kier alpha value is -0.340. The summed E-state index contributed by atoms with van der Waals surface area (Å²) in [7, 11) is -0.887. The van der Waals surface area contributed by atoms with E-state index in [2.05, 4.69) is 0 Å². The fraction of sp³-hybridized carbons (Fsp3) is 1.00. The van der Waals surface area contributed by atoms with E-state index in [4.69, 9.17) is 9.11 Å². The number of hydrogen-bond donors (Lipinski definition) is 3. The summed E-state index contributed by atoms with van der Waals surface area (Å²) in [5.41, 5.74) is 0. The fourth-order valence-electron chi connectivity index (χ4n) is 2.72. The van der Waals surface area contributed by atoms with Gasteiger partial charge in [-0.15, -0.1) is 0 Å². The molecule has 0 aliphatic rings. The van der Waals surface area contributed by atoms with Gasteiger partial charge >= 0.3 is 0 Å². The van der Waals surface area contributed by atoms with Crippen molar-refractivity contribution in [2.24, 2.45) is 0 Å². The van der Waals surface area contributed by atoms with E-state index in [-0.39, 0.29) is 23.3 Å². The molecule has 0 aromatic heterocycles. The Bertz CT molecular complexity index is 610. The summed E-state index contributed by atoms with van der Waals surface area (Å²) in [5.74, 6) is -0.739. The van der Waals surface area contributed by atoms with Crippen molar-refractivity contribution < 1.29 is 35.5 Å². The molecule has 0 radical (unpaired) electrons. The third-order valence-electron chi connectivity index (χ3n) is 4.09. The minimum Gasteiger partial charge on any atom is -0.386 e. The molecule has 0 fully saturated rings. The van der Waals surface area contributed by atoms with Crippen molar-refractivity contribution in [2.45, 2.75) is 12.5 Å². The summed E-state index contributed by atoms with van der Waals surface area (Å²) in [6.45, 7) is 2.24. The molecule has 158 valence electrons. The maximum absolute atomic E-state index is 11.1. The highest BCUT2D eigenvalue weighted by Crippen LogP contribution is 2.09. The first-order valence-electron chi connectivity index (χ1n) is 8.37. The van der Waals surface area contributed by atoms with Crippen LogP contribution in [0.5, 0.6) is 0 Å². The largest absolute Gasteiger partial charge is 0.386 e. The number of aliphatic hydroxyl groups is 1. The van der Waals surface area contributed by atoms with Crippen LogP contribution in [0.1, 0.15) is 6.42 Å². The van der Waals surface area contributed by atoms with Crippen molar-refractivity contribution in [3.63, 3.8) is 0 Å². The minimum atomic E-state index is -4.10. The topological polar surface area (TPSA) is 135 Å². The molecular formula is C14H34N3O7S2+. The van der Waals surface area contributed by atoms with Gasteiger partial charge in [0.25, 0.3) is 20.2 Å². The van der Waals surface area contributed by atoms with Gasteiger partial charge in [0.1, 0.15) is 18.4 Å². The second-order valence-electron chi connectivity index (χ2n) is 7.39. The van der Waals surface area contributed by atoms with Gasteiger partial charge in [-0.1, -0.05) is 0 Å². The molecule has 10 nitrogen and oxygen atoms in total. The van der Waals surface area contributed by atoms with Crippen LogP contribution in [0.4, 0.5) is 0 Å². The number of nitrogens with zero attached hydrogens (tertiary/aromatic N) is 3. The van der Waals surface area contributed by atoms with Crippen molar-refractivity contribution in [1.29, 1.82) is 0 Å². The van der Waals surface area contributed by atoms with Crippen LogP contribution in [0.2, 0.25) is 0 Å². The SMILES string of the molecule is CN(C)CC(O)C[N+](C)(CCCN(C)CCS(=O)(=O)O)CCS(=O)(=O)O. The Labute approximate surface area is 157 Å². The normalized spacial score (nSPS) is 16.8. The summed E-state index contributed by atoms with van der Waals surface area (Å²) in [6, 6.07) is 0. The third-order valence-corrected chi connectivity index (χ3v) is 5.48. The molecule has 0 bridgehead atoms. The predicted octanol–water partition coefficient (Wildman–Crippen LogP) is -1.55. The molecule has 2 atom stereocenters. The fourth-order valence-corrected chi connectivity index (χ4v) is 3.94. The van der Waals surface area contributed by atoms with Gasteiger partial charge in [-0.2, -0.15) is 16.8 Å². The second kappa shape index (κ2) is 10.9. The van der Waals surface area contributed by atoms with Crippen LogP contribution in [-0.4, -0.2) is 130 Å². The lowest BCUT2D eigenvalue weighted by molar-refractivity contribution is -0.910. The summed E-state index contributed by atoms with van der Waals surface area (Å²) in [6.07, 6.45) is -0.00722. The van der Waals surface area contributed by atoms with Gasteiger partial charge in [-0.25, -0.2) is 0 Å². The molecule has 0 aliphatic carbocycles. The molecule has 2 unspecified atom stereocenters. The van der Waals surface area contributed by atoms with Gasteiger partial charge in [0, 0.05) is 26.1 Å². The van der Waals surface area contributed by atoms with Crippen LogP contribution >= 0.6 is 0 Å². The molecule has 0 aromatic rings. The van der Waals surface area contributed by atoms with Gasteiger partial charge in [-0.05, 0) is 21.1 Å². The predicted molar refractivity (Wildman–Crippen MR) is 100 cm³/mol. The highest BCUT2D eigenvalue weighted by Gasteiger charge is 2.27. The molecule has 0 rings (SSSR count). The zero-order valence-corrected chi connectivity index (χ0v) is 17.7. The van der Waals surface area contributed by atoms with Gasteiger partial charge in [0.15, 0.2) is 0 Å². The lowest BCUT2D eigenvalue weighted by Gasteiger charge is -2.37. The van der Waals surface area contributed by atoms with E-state index in [1.165, 1.54) is 0 Å². The highest BCUT2D eigenvalue weighted by atomic mass is 32.2. The van der Waals surface area contributed by atoms with E-state index < -0.39 is 32.1 Å². The first-order chi connectivity index (χ1) is 11.6. The average molecular weight is 421 g/mol. The van der Waals surface area contributed by atoms with E-state index in [0.29, 0.717) is 32.6 Å². The molecule has 26 heavy (non-hydrogen) atoms. The van der Waals surface area contributed by atoms with Gasteiger partial charge in [0.05, 0.1) is 25.9 Å². The maximum Gasteiger partial charge on any atom is 0.270 e. The summed E-state index contributed by atoms with van der Waals surface area (Å²) in [4.78, 5) is 3.60. The molecule has 3 N–H and O–H groups in total. The van der Waals surface area contributed by atoms with Crippen molar-refractivity contribution in [2.75, 3.05) is 79.0 Å². The molecule has 0 aliphatic heterocycles. The summed E-state index contributed by atoms with van der Waals surface area (Å²) >= 11 is 0. The molecule has 0 saturated heterocycles. The lowest BCUT2D eigenvalue weighted by atomic mass is 10.2. The Morgan fingerprint density at radius 3 is 1.92 bits per heavy atom. The van der Waals surface area contributed by atoms with E-state index in [0.717, 1.165) is 0 Å². The van der Waals surface area contributed by atoms with Gasteiger partial charge < -0.3 is 19.4 Å². The van der Waals surface area contributed by atoms with Crippen molar-refractivity contribution in [3.05, 3.63) is 0 Å². The van der Waals surface area contributed by atoms with E-state index in [1.807, 2.05) is 26.0 Å². The molecular weight excluding hydrogens is 386 g/mol. The van der Waals surface area contributed by atoms with E-state index in [1.54, 1.807) is 11.9 Å².